The van der Waals surface area contributed by atoms with Crippen LogP contribution in [-0.4, -0.2) is 27.3 Å². The van der Waals surface area contributed by atoms with Crippen LogP contribution in [0.4, 0.5) is 5.82 Å². The Balaban J connectivity index is 2.77. The Morgan fingerprint density at radius 3 is 2.71 bits per heavy atom. The molecule has 0 aliphatic heterocycles. The average Bonchev–Trinajstić information content (AvgIpc) is 2.67. The van der Waals surface area contributed by atoms with E-state index < -0.39 is 0 Å². The largest absolute Gasteiger partial charge is 0.392 e. The molecule has 0 spiro atoms. The van der Waals surface area contributed by atoms with Crippen LogP contribution < -0.4 is 16.4 Å². The predicted octanol–water partition coefficient (Wildman–Crippen LogP) is 1.45. The van der Waals surface area contributed by atoms with Gasteiger partial charge >= 0.3 is 0 Å². The van der Waals surface area contributed by atoms with Gasteiger partial charge in [-0.2, -0.15) is 12.6 Å². The number of aromatic nitrogens is 2. The molecule has 0 saturated carbocycles. The molecule has 7 heteroatoms. The molecule has 1 heterocycles. The van der Waals surface area contributed by atoms with Crippen LogP contribution >= 0.6 is 12.6 Å². The molecule has 1 amide bonds. The van der Waals surface area contributed by atoms with Crippen LogP contribution in [-0.2, 0) is 7.05 Å². The second-order valence-electron chi connectivity index (χ2n) is 5.36. The maximum Gasteiger partial charge on any atom is 0.291 e. The number of amides is 1. The van der Waals surface area contributed by atoms with Crippen molar-refractivity contribution in [3.05, 3.63) is 36.1 Å². The van der Waals surface area contributed by atoms with Crippen LogP contribution in [0, 0.1) is 0 Å². The van der Waals surface area contributed by atoms with Crippen molar-refractivity contribution >= 4 is 24.4 Å². The highest BCUT2D eigenvalue weighted by atomic mass is 32.1. The van der Waals surface area contributed by atoms with Crippen LogP contribution in [0.25, 0.3) is 0 Å². The number of imidazole rings is 1. The lowest BCUT2D eigenvalue weighted by molar-refractivity contribution is 0.0954. The second kappa shape index (κ2) is 7.21. The minimum absolute atomic E-state index is 0.0978. The number of aryl methyl sites for hydroxylation is 1. The Labute approximate surface area is 130 Å². The number of nitrogens with zero attached hydrogens (tertiary/aromatic N) is 2. The van der Waals surface area contributed by atoms with Gasteiger partial charge < -0.3 is 20.9 Å². The van der Waals surface area contributed by atoms with Gasteiger partial charge in [-0.1, -0.05) is 19.9 Å². The van der Waals surface area contributed by atoms with E-state index in [-0.39, 0.29) is 16.5 Å². The summed E-state index contributed by atoms with van der Waals surface area (Å²) in [4.78, 5) is 16.1. The maximum absolute atomic E-state index is 12.2. The maximum atomic E-state index is 12.2. The molecule has 0 atom stereocenters. The number of rotatable bonds is 6. The van der Waals surface area contributed by atoms with Crippen LogP contribution in [0.3, 0.4) is 0 Å². The van der Waals surface area contributed by atoms with Gasteiger partial charge in [0.25, 0.3) is 5.91 Å². The average molecular weight is 309 g/mol. The molecule has 21 heavy (non-hydrogen) atoms. The lowest BCUT2D eigenvalue weighted by atomic mass is 10.1. The SMILES string of the molecule is CN/C=C(\C=C\CC(C)(C)S)NC(=O)c1nc(N)cn1C. The molecule has 0 radical (unpaired) electrons. The fraction of sp³-hybridized carbons (Fsp3) is 0.429. The van der Waals surface area contributed by atoms with E-state index in [0.29, 0.717) is 11.5 Å². The molecule has 0 aliphatic rings. The Morgan fingerprint density at radius 1 is 1.57 bits per heavy atom. The highest BCUT2D eigenvalue weighted by molar-refractivity contribution is 7.81. The van der Waals surface area contributed by atoms with Gasteiger partial charge in [0.15, 0.2) is 0 Å². The summed E-state index contributed by atoms with van der Waals surface area (Å²) in [7, 11) is 3.49. The van der Waals surface area contributed by atoms with Crippen molar-refractivity contribution in [1.29, 1.82) is 0 Å². The highest BCUT2D eigenvalue weighted by Crippen LogP contribution is 2.17. The van der Waals surface area contributed by atoms with Crippen molar-refractivity contribution in [3.8, 4) is 0 Å². The van der Waals surface area contributed by atoms with E-state index in [1.165, 1.54) is 0 Å². The fourth-order valence-corrected chi connectivity index (χ4v) is 1.75. The summed E-state index contributed by atoms with van der Waals surface area (Å²) in [6.07, 6.45) is 7.87. The van der Waals surface area contributed by atoms with Gasteiger partial charge in [0, 0.05) is 31.2 Å². The van der Waals surface area contributed by atoms with Gasteiger partial charge in [0.2, 0.25) is 5.82 Å². The molecule has 1 aromatic rings. The van der Waals surface area contributed by atoms with Gasteiger partial charge in [-0.25, -0.2) is 4.98 Å². The third kappa shape index (κ3) is 5.95. The van der Waals surface area contributed by atoms with Gasteiger partial charge in [-0.3, -0.25) is 4.79 Å². The van der Waals surface area contributed by atoms with E-state index in [2.05, 4.69) is 28.2 Å². The molecular formula is C14H23N5OS. The lowest BCUT2D eigenvalue weighted by Crippen LogP contribution is -2.26. The summed E-state index contributed by atoms with van der Waals surface area (Å²) in [6.45, 7) is 4.05. The molecular weight excluding hydrogens is 286 g/mol. The van der Waals surface area contributed by atoms with Crippen LogP contribution in [0.1, 0.15) is 30.9 Å². The van der Waals surface area contributed by atoms with Gasteiger partial charge in [0.05, 0.1) is 5.70 Å². The Morgan fingerprint density at radius 2 is 2.24 bits per heavy atom. The summed E-state index contributed by atoms with van der Waals surface area (Å²) < 4.78 is 1.49. The monoisotopic (exact) mass is 309 g/mol. The molecule has 0 aliphatic carbocycles. The van der Waals surface area contributed by atoms with Crippen molar-refractivity contribution in [2.45, 2.75) is 25.0 Å². The van der Waals surface area contributed by atoms with E-state index in [4.69, 9.17) is 5.73 Å². The van der Waals surface area contributed by atoms with E-state index >= 15 is 0 Å². The van der Waals surface area contributed by atoms with Crippen molar-refractivity contribution in [2.75, 3.05) is 12.8 Å². The third-order valence-corrected chi connectivity index (χ3v) is 2.75. The minimum atomic E-state index is -0.314. The lowest BCUT2D eigenvalue weighted by Gasteiger charge is -2.13. The smallest absolute Gasteiger partial charge is 0.291 e. The molecule has 0 aromatic carbocycles. The molecule has 1 rings (SSSR count). The molecule has 0 unspecified atom stereocenters. The van der Waals surface area contributed by atoms with Gasteiger partial charge in [-0.15, -0.1) is 0 Å². The Hall–Kier alpha value is -1.89. The van der Waals surface area contributed by atoms with Crippen molar-refractivity contribution in [2.24, 2.45) is 7.05 Å². The number of hydrogen-bond donors (Lipinski definition) is 4. The zero-order valence-electron chi connectivity index (χ0n) is 12.8. The molecule has 1 aromatic heterocycles. The predicted molar refractivity (Wildman–Crippen MR) is 89.1 cm³/mol. The Bertz CT molecular complexity index is 554. The number of carbonyl (C=O) groups excluding carboxylic acids is 1. The second-order valence-corrected chi connectivity index (χ2v) is 6.57. The number of hydrogen-bond acceptors (Lipinski definition) is 5. The molecule has 0 fully saturated rings. The molecule has 6 nitrogen and oxygen atoms in total. The minimum Gasteiger partial charge on any atom is -0.392 e. The van der Waals surface area contributed by atoms with Crippen molar-refractivity contribution < 1.29 is 4.79 Å². The first-order valence-electron chi connectivity index (χ1n) is 6.59. The van der Waals surface area contributed by atoms with Crippen LogP contribution in [0.2, 0.25) is 0 Å². The van der Waals surface area contributed by atoms with Gasteiger partial charge in [-0.05, 0) is 12.5 Å². The first kappa shape index (κ1) is 17.2. The van der Waals surface area contributed by atoms with Crippen LogP contribution in [0.15, 0.2) is 30.2 Å². The zero-order chi connectivity index (χ0) is 16.0. The van der Waals surface area contributed by atoms with E-state index in [9.17, 15) is 4.79 Å². The fourth-order valence-electron chi connectivity index (χ4n) is 1.64. The third-order valence-electron chi connectivity index (χ3n) is 2.57. The molecule has 116 valence electrons. The highest BCUT2D eigenvalue weighted by Gasteiger charge is 2.13. The quantitative estimate of drug-likeness (QED) is 0.473. The van der Waals surface area contributed by atoms with Crippen molar-refractivity contribution in [1.82, 2.24) is 20.2 Å². The van der Waals surface area contributed by atoms with E-state index in [1.54, 1.807) is 31.1 Å². The Kier molecular flexibility index (Phi) is 5.90. The number of allylic oxidation sites excluding steroid dienone is 2. The number of nitrogens with one attached hydrogen (secondary N) is 2. The normalized spacial score (nSPS) is 12.7. The zero-order valence-corrected chi connectivity index (χ0v) is 13.7. The number of anilines is 1. The molecule has 4 N–H and O–H groups in total. The summed E-state index contributed by atoms with van der Waals surface area (Å²) in [5.41, 5.74) is 6.21. The topological polar surface area (TPSA) is 85.0 Å². The first-order chi connectivity index (χ1) is 9.73. The summed E-state index contributed by atoms with van der Waals surface area (Å²) in [5.74, 6) is 0.261. The molecule has 0 saturated heterocycles. The molecule has 0 bridgehead atoms. The number of nitrogens with two attached hydrogens (primary N) is 1. The van der Waals surface area contributed by atoms with Gasteiger partial charge in [0.1, 0.15) is 5.82 Å². The summed E-state index contributed by atoms with van der Waals surface area (Å²) >= 11 is 4.45. The summed E-state index contributed by atoms with van der Waals surface area (Å²) in [5, 5.41) is 5.68. The standard InChI is InChI=1S/C14H23N5OS/c1-14(2,21)7-5-6-10(8-16-3)17-13(20)12-18-11(15)9-19(12)4/h5-6,8-9,16,21H,7,15H2,1-4H3,(H,17,20)/b6-5+,10-8+. The summed E-state index contributed by atoms with van der Waals surface area (Å²) in [6, 6.07) is 0. The van der Waals surface area contributed by atoms with E-state index in [1.807, 2.05) is 26.0 Å². The van der Waals surface area contributed by atoms with Crippen LogP contribution in [0.5, 0.6) is 0 Å². The van der Waals surface area contributed by atoms with E-state index in [0.717, 1.165) is 6.42 Å². The first-order valence-corrected chi connectivity index (χ1v) is 7.04. The van der Waals surface area contributed by atoms with Crippen molar-refractivity contribution in [3.63, 3.8) is 0 Å². The number of carbonyl (C=O) groups is 1. The number of nitrogen functional groups attached to an aromatic ring is 1. The number of thiol groups is 1.